The second kappa shape index (κ2) is 11.5. The molecule has 2 amide bonds. The van der Waals surface area contributed by atoms with Gasteiger partial charge in [-0.15, -0.1) is 0 Å². The lowest BCUT2D eigenvalue weighted by Gasteiger charge is -2.25. The first kappa shape index (κ1) is 25.7. The number of anilines is 2. The van der Waals surface area contributed by atoms with Crippen LogP contribution in [0.1, 0.15) is 47.2 Å². The van der Waals surface area contributed by atoms with Gasteiger partial charge in [-0.1, -0.05) is 24.3 Å². The summed E-state index contributed by atoms with van der Waals surface area (Å²) in [7, 11) is -3.51. The zero-order valence-electron chi connectivity index (χ0n) is 20.0. The third-order valence-electron chi connectivity index (χ3n) is 5.97. The van der Waals surface area contributed by atoms with E-state index in [4.69, 9.17) is 4.74 Å². The number of benzene rings is 2. The minimum Gasteiger partial charge on any atom is -0.376 e. The van der Waals surface area contributed by atoms with Crippen molar-refractivity contribution < 1.29 is 22.7 Å². The summed E-state index contributed by atoms with van der Waals surface area (Å²) in [6.07, 6.45) is 3.56. The topological polar surface area (TPSA) is 105 Å². The molecule has 8 nitrogen and oxygen atoms in total. The Labute approximate surface area is 201 Å². The van der Waals surface area contributed by atoms with Crippen LogP contribution in [0.3, 0.4) is 0 Å². The predicted octanol–water partition coefficient (Wildman–Crippen LogP) is 3.40. The fourth-order valence-corrected chi connectivity index (χ4v) is 4.98. The van der Waals surface area contributed by atoms with Gasteiger partial charge in [-0.25, -0.2) is 8.42 Å². The number of sulfonamides is 1. The van der Waals surface area contributed by atoms with Crippen LogP contribution in [-0.2, 0) is 19.6 Å². The second-order valence-corrected chi connectivity index (χ2v) is 10.5. The van der Waals surface area contributed by atoms with Gasteiger partial charge in [-0.2, -0.15) is 0 Å². The van der Waals surface area contributed by atoms with Crippen LogP contribution in [0.25, 0.3) is 0 Å². The van der Waals surface area contributed by atoms with Crippen molar-refractivity contribution in [2.24, 2.45) is 0 Å². The highest BCUT2D eigenvalue weighted by atomic mass is 32.2. The Hall–Kier alpha value is -2.91. The van der Waals surface area contributed by atoms with Crippen LogP contribution in [0.2, 0.25) is 0 Å². The fourth-order valence-electron chi connectivity index (χ4n) is 3.96. The quantitative estimate of drug-likeness (QED) is 0.535. The van der Waals surface area contributed by atoms with Crippen LogP contribution in [-0.4, -0.2) is 52.3 Å². The first-order valence-corrected chi connectivity index (χ1v) is 13.3. The molecule has 1 atom stereocenters. The lowest BCUT2D eigenvalue weighted by Crippen LogP contribution is -2.33. The average molecular weight is 488 g/mol. The van der Waals surface area contributed by atoms with Gasteiger partial charge in [-0.05, 0) is 62.4 Å². The highest BCUT2D eigenvalue weighted by molar-refractivity contribution is 7.92. The van der Waals surface area contributed by atoms with Crippen LogP contribution >= 0.6 is 0 Å². The molecule has 0 bridgehead atoms. The SMILES string of the molecule is Cc1cccc(N(CCCC(=O)Nc2ccccc2C(=O)NCC2CCCO2)S(C)(=O)=O)c1C. The van der Waals surface area contributed by atoms with Crippen LogP contribution in [0.5, 0.6) is 0 Å². The number of nitrogens with one attached hydrogen (secondary N) is 2. The molecule has 3 rings (SSSR count). The van der Waals surface area contributed by atoms with Gasteiger partial charge in [0.2, 0.25) is 15.9 Å². The predicted molar refractivity (Wildman–Crippen MR) is 134 cm³/mol. The Morgan fingerprint density at radius 2 is 1.88 bits per heavy atom. The number of rotatable bonds is 10. The highest BCUT2D eigenvalue weighted by Gasteiger charge is 2.21. The fraction of sp³-hybridized carbons (Fsp3) is 0.440. The lowest BCUT2D eigenvalue weighted by atomic mass is 10.1. The zero-order chi connectivity index (χ0) is 24.7. The molecular formula is C25H33N3O5S. The van der Waals surface area contributed by atoms with E-state index in [1.54, 1.807) is 30.3 Å². The summed E-state index contributed by atoms with van der Waals surface area (Å²) >= 11 is 0. The van der Waals surface area contributed by atoms with Gasteiger partial charge in [0, 0.05) is 26.1 Å². The molecule has 0 radical (unpaired) electrons. The number of aryl methyl sites for hydroxylation is 1. The first-order chi connectivity index (χ1) is 16.2. The normalized spacial score (nSPS) is 15.7. The Bertz CT molecular complexity index is 1130. The summed E-state index contributed by atoms with van der Waals surface area (Å²) in [5, 5.41) is 5.66. The van der Waals surface area contributed by atoms with Gasteiger partial charge >= 0.3 is 0 Å². The minimum absolute atomic E-state index is 0.0283. The number of carbonyl (C=O) groups is 2. The molecule has 1 aliphatic heterocycles. The Morgan fingerprint density at radius 3 is 2.59 bits per heavy atom. The maximum atomic E-state index is 12.6. The Morgan fingerprint density at radius 1 is 1.12 bits per heavy atom. The number of hydrogen-bond donors (Lipinski definition) is 2. The smallest absolute Gasteiger partial charge is 0.253 e. The third kappa shape index (κ3) is 6.80. The maximum absolute atomic E-state index is 12.6. The molecule has 0 aliphatic carbocycles. The average Bonchev–Trinajstić information content (AvgIpc) is 3.31. The summed E-state index contributed by atoms with van der Waals surface area (Å²) in [4.78, 5) is 25.3. The van der Waals surface area contributed by atoms with Gasteiger partial charge in [0.25, 0.3) is 5.91 Å². The van der Waals surface area contributed by atoms with Crippen molar-refractivity contribution in [1.29, 1.82) is 0 Å². The monoisotopic (exact) mass is 487 g/mol. The van der Waals surface area contributed by atoms with Crippen molar-refractivity contribution in [2.45, 2.75) is 45.6 Å². The number of hydrogen-bond acceptors (Lipinski definition) is 5. The van der Waals surface area contributed by atoms with Gasteiger partial charge < -0.3 is 15.4 Å². The lowest BCUT2D eigenvalue weighted by molar-refractivity contribution is -0.116. The maximum Gasteiger partial charge on any atom is 0.253 e. The number of para-hydroxylation sites is 1. The molecule has 34 heavy (non-hydrogen) atoms. The van der Waals surface area contributed by atoms with E-state index in [1.807, 2.05) is 26.0 Å². The number of amides is 2. The molecule has 1 saturated heterocycles. The van der Waals surface area contributed by atoms with Gasteiger partial charge in [0.05, 0.1) is 29.3 Å². The van der Waals surface area contributed by atoms with Crippen LogP contribution in [0.4, 0.5) is 11.4 Å². The van der Waals surface area contributed by atoms with Crippen molar-refractivity contribution in [2.75, 3.05) is 35.6 Å². The molecule has 1 aliphatic rings. The molecule has 1 fully saturated rings. The van der Waals surface area contributed by atoms with E-state index in [2.05, 4.69) is 10.6 Å². The highest BCUT2D eigenvalue weighted by Crippen LogP contribution is 2.25. The molecule has 184 valence electrons. The largest absolute Gasteiger partial charge is 0.376 e. The number of ether oxygens (including phenoxy) is 1. The minimum atomic E-state index is -3.51. The van der Waals surface area contributed by atoms with E-state index in [-0.39, 0.29) is 30.9 Å². The van der Waals surface area contributed by atoms with Crippen LogP contribution < -0.4 is 14.9 Å². The molecule has 2 N–H and O–H groups in total. The second-order valence-electron chi connectivity index (χ2n) is 8.60. The van der Waals surface area contributed by atoms with Crippen molar-refractivity contribution in [3.63, 3.8) is 0 Å². The molecule has 0 aromatic heterocycles. The molecule has 0 saturated carbocycles. The summed E-state index contributed by atoms with van der Waals surface area (Å²) < 4.78 is 31.7. The standard InChI is InChI=1S/C25H33N3O5S/c1-18-9-6-13-23(19(18)2)28(34(3,31)32)15-7-14-24(29)27-22-12-5-4-11-21(22)25(30)26-17-20-10-8-16-33-20/h4-6,9,11-13,20H,7-8,10,14-17H2,1-3H3,(H,26,30)(H,27,29). The zero-order valence-corrected chi connectivity index (χ0v) is 20.8. The van der Waals surface area contributed by atoms with Crippen LogP contribution in [0, 0.1) is 13.8 Å². The van der Waals surface area contributed by atoms with Crippen molar-refractivity contribution >= 4 is 33.2 Å². The number of carbonyl (C=O) groups excluding carboxylic acids is 2. The third-order valence-corrected chi connectivity index (χ3v) is 7.15. The Balaban J connectivity index is 1.59. The molecule has 1 unspecified atom stereocenters. The molecular weight excluding hydrogens is 454 g/mol. The van der Waals surface area contributed by atoms with Gasteiger partial charge in [0.15, 0.2) is 0 Å². The van der Waals surface area contributed by atoms with Gasteiger partial charge in [-0.3, -0.25) is 13.9 Å². The Kier molecular flexibility index (Phi) is 8.68. The van der Waals surface area contributed by atoms with Crippen molar-refractivity contribution in [3.05, 3.63) is 59.2 Å². The molecule has 0 spiro atoms. The van der Waals surface area contributed by atoms with E-state index >= 15 is 0 Å². The van der Waals surface area contributed by atoms with E-state index in [0.29, 0.717) is 36.5 Å². The van der Waals surface area contributed by atoms with E-state index in [1.165, 1.54) is 10.6 Å². The first-order valence-electron chi connectivity index (χ1n) is 11.5. The van der Waals surface area contributed by atoms with Crippen LogP contribution in [0.15, 0.2) is 42.5 Å². The van der Waals surface area contributed by atoms with Crippen molar-refractivity contribution in [3.8, 4) is 0 Å². The van der Waals surface area contributed by atoms with Crippen molar-refractivity contribution in [1.82, 2.24) is 5.32 Å². The van der Waals surface area contributed by atoms with E-state index in [9.17, 15) is 18.0 Å². The molecule has 2 aromatic carbocycles. The van der Waals surface area contributed by atoms with Gasteiger partial charge in [0.1, 0.15) is 0 Å². The van der Waals surface area contributed by atoms with E-state index in [0.717, 1.165) is 24.0 Å². The summed E-state index contributed by atoms with van der Waals surface area (Å²) in [6, 6.07) is 12.4. The number of nitrogens with zero attached hydrogens (tertiary/aromatic N) is 1. The molecule has 2 aromatic rings. The summed E-state index contributed by atoms with van der Waals surface area (Å²) in [6.45, 7) is 5.14. The summed E-state index contributed by atoms with van der Waals surface area (Å²) in [5.74, 6) is -0.557. The van der Waals surface area contributed by atoms with E-state index < -0.39 is 10.0 Å². The summed E-state index contributed by atoms with van der Waals surface area (Å²) in [5.41, 5.74) is 3.31. The molecule has 1 heterocycles. The molecule has 9 heteroatoms.